The second kappa shape index (κ2) is 9.92. The Morgan fingerprint density at radius 3 is 2.89 bits per heavy atom. The van der Waals surface area contributed by atoms with Gasteiger partial charge in [-0.3, -0.25) is 14.2 Å². The fourth-order valence-corrected chi connectivity index (χ4v) is 4.23. The van der Waals surface area contributed by atoms with Gasteiger partial charge in [-0.2, -0.15) is 0 Å². The maximum atomic E-state index is 13.1. The maximum Gasteiger partial charge on any atom is 0.262 e. The van der Waals surface area contributed by atoms with E-state index in [1.807, 2.05) is 38.1 Å². The van der Waals surface area contributed by atoms with Crippen LogP contribution in [0.1, 0.15) is 52.4 Å². The molecule has 6 heteroatoms. The zero-order chi connectivity index (χ0) is 19.9. The number of nitrogens with zero attached hydrogens (tertiary/aromatic N) is 2. The average molecular weight is 400 g/mol. The first-order valence-electron chi connectivity index (χ1n) is 10.2. The molecule has 0 unspecified atom stereocenters. The molecule has 0 bridgehead atoms. The number of rotatable bonds is 8. The Morgan fingerprint density at radius 1 is 1.32 bits per heavy atom. The number of fused-ring (bicyclic) bond motifs is 1. The molecule has 3 rings (SSSR count). The topological polar surface area (TPSA) is 64.0 Å². The summed E-state index contributed by atoms with van der Waals surface area (Å²) in [6.45, 7) is 4.64. The number of allylic oxidation sites excluding steroid dienone is 2. The van der Waals surface area contributed by atoms with E-state index in [0.717, 1.165) is 25.7 Å². The number of hydrogen-bond donors (Lipinski definition) is 1. The van der Waals surface area contributed by atoms with Gasteiger partial charge >= 0.3 is 0 Å². The quantitative estimate of drug-likeness (QED) is 0.408. The molecule has 5 nitrogen and oxygen atoms in total. The number of carbonyl (C=O) groups is 1. The van der Waals surface area contributed by atoms with Crippen LogP contribution >= 0.6 is 11.8 Å². The van der Waals surface area contributed by atoms with Gasteiger partial charge in [-0.25, -0.2) is 4.98 Å². The summed E-state index contributed by atoms with van der Waals surface area (Å²) in [6, 6.07) is 7.58. The molecule has 28 heavy (non-hydrogen) atoms. The summed E-state index contributed by atoms with van der Waals surface area (Å²) in [7, 11) is 0. The highest BCUT2D eigenvalue weighted by molar-refractivity contribution is 7.99. The van der Waals surface area contributed by atoms with E-state index in [4.69, 9.17) is 4.98 Å². The fraction of sp³-hybridized carbons (Fsp3) is 0.500. The summed E-state index contributed by atoms with van der Waals surface area (Å²) in [4.78, 5) is 30.0. The standard InChI is InChI=1S/C22H29N3O2S/c1-3-16(2)23-20(26)15-28-22-24-19-12-8-7-11-18(19)21(27)25(22)14-13-17-9-5-4-6-10-17/h7-9,11-12,16H,3-6,10,13-15H2,1-2H3,(H,23,26)/t16-/m0/s1. The molecule has 0 aliphatic heterocycles. The van der Waals surface area contributed by atoms with Gasteiger partial charge in [0.15, 0.2) is 5.16 Å². The number of para-hydroxylation sites is 1. The average Bonchev–Trinajstić information content (AvgIpc) is 2.72. The molecule has 0 saturated heterocycles. The summed E-state index contributed by atoms with van der Waals surface area (Å²) < 4.78 is 1.75. The third-order valence-corrected chi connectivity index (χ3v) is 6.20. The molecule has 1 heterocycles. The third-order valence-electron chi connectivity index (χ3n) is 5.22. The molecule has 150 valence electrons. The van der Waals surface area contributed by atoms with E-state index in [2.05, 4.69) is 11.4 Å². The largest absolute Gasteiger partial charge is 0.353 e. The zero-order valence-corrected chi connectivity index (χ0v) is 17.6. The first-order valence-corrected chi connectivity index (χ1v) is 11.2. The van der Waals surface area contributed by atoms with Crippen molar-refractivity contribution in [1.82, 2.24) is 14.9 Å². The lowest BCUT2D eigenvalue weighted by molar-refractivity contribution is -0.119. The number of hydrogen-bond acceptors (Lipinski definition) is 4. The molecule has 1 aliphatic carbocycles. The molecule has 1 amide bonds. The summed E-state index contributed by atoms with van der Waals surface area (Å²) >= 11 is 1.34. The van der Waals surface area contributed by atoms with Gasteiger partial charge in [-0.15, -0.1) is 0 Å². The van der Waals surface area contributed by atoms with Crippen molar-refractivity contribution in [1.29, 1.82) is 0 Å². The SMILES string of the molecule is CC[C@H](C)NC(=O)CSc1nc2ccccc2c(=O)n1CCC1=CCCCC1. The Bertz CT molecular complexity index is 920. The van der Waals surface area contributed by atoms with E-state index in [-0.39, 0.29) is 23.3 Å². The molecular formula is C22H29N3O2S. The molecular weight excluding hydrogens is 370 g/mol. The van der Waals surface area contributed by atoms with Crippen molar-refractivity contribution in [2.75, 3.05) is 5.75 Å². The van der Waals surface area contributed by atoms with Crippen LogP contribution in [0.15, 0.2) is 45.9 Å². The lowest BCUT2D eigenvalue weighted by atomic mass is 9.97. The van der Waals surface area contributed by atoms with Crippen molar-refractivity contribution in [3.63, 3.8) is 0 Å². The Kier molecular flexibility index (Phi) is 7.31. The van der Waals surface area contributed by atoms with E-state index in [0.29, 0.717) is 22.6 Å². The minimum absolute atomic E-state index is 0.0214. The number of amides is 1. The van der Waals surface area contributed by atoms with E-state index >= 15 is 0 Å². The minimum atomic E-state index is -0.0247. The van der Waals surface area contributed by atoms with Gasteiger partial charge in [-0.1, -0.05) is 42.5 Å². The Labute approximate surface area is 170 Å². The third kappa shape index (κ3) is 5.25. The van der Waals surface area contributed by atoms with Crippen LogP contribution in [-0.2, 0) is 11.3 Å². The molecule has 1 aromatic carbocycles. The number of benzene rings is 1. The van der Waals surface area contributed by atoms with Gasteiger partial charge in [0, 0.05) is 12.6 Å². The van der Waals surface area contributed by atoms with E-state index in [1.165, 1.54) is 30.2 Å². The van der Waals surface area contributed by atoms with Gasteiger partial charge in [-0.05, 0) is 57.6 Å². The van der Waals surface area contributed by atoms with Crippen molar-refractivity contribution >= 4 is 28.6 Å². The smallest absolute Gasteiger partial charge is 0.262 e. The first-order chi connectivity index (χ1) is 13.6. The van der Waals surface area contributed by atoms with E-state index in [9.17, 15) is 9.59 Å². The van der Waals surface area contributed by atoms with Crippen molar-refractivity contribution in [3.8, 4) is 0 Å². The minimum Gasteiger partial charge on any atom is -0.353 e. The van der Waals surface area contributed by atoms with Crippen LogP contribution in [0.25, 0.3) is 10.9 Å². The number of thioether (sulfide) groups is 1. The normalized spacial score (nSPS) is 15.3. The molecule has 1 aliphatic rings. The van der Waals surface area contributed by atoms with Crippen molar-refractivity contribution < 1.29 is 4.79 Å². The monoisotopic (exact) mass is 399 g/mol. The summed E-state index contributed by atoms with van der Waals surface area (Å²) in [6.07, 6.45) is 8.82. The van der Waals surface area contributed by atoms with Gasteiger partial charge < -0.3 is 5.32 Å². The molecule has 0 saturated carbocycles. The van der Waals surface area contributed by atoms with Crippen LogP contribution in [0.3, 0.4) is 0 Å². The molecule has 0 radical (unpaired) electrons. The van der Waals surface area contributed by atoms with Crippen molar-refractivity contribution in [2.24, 2.45) is 0 Å². The Hall–Kier alpha value is -2.08. The van der Waals surface area contributed by atoms with Gasteiger partial charge in [0.25, 0.3) is 5.56 Å². The second-order valence-corrected chi connectivity index (χ2v) is 8.33. The lowest BCUT2D eigenvalue weighted by Crippen LogP contribution is -2.33. The number of carbonyl (C=O) groups excluding carboxylic acids is 1. The predicted molar refractivity (Wildman–Crippen MR) is 116 cm³/mol. The van der Waals surface area contributed by atoms with Crippen LogP contribution in [0.5, 0.6) is 0 Å². The maximum absolute atomic E-state index is 13.1. The molecule has 1 atom stereocenters. The van der Waals surface area contributed by atoms with Crippen LogP contribution in [0, 0.1) is 0 Å². The van der Waals surface area contributed by atoms with Gasteiger partial charge in [0.2, 0.25) is 5.91 Å². The molecule has 1 N–H and O–H groups in total. The first kappa shape index (κ1) is 20.6. The predicted octanol–water partition coefficient (Wildman–Crippen LogP) is 4.29. The highest BCUT2D eigenvalue weighted by Gasteiger charge is 2.15. The Morgan fingerprint density at radius 2 is 2.14 bits per heavy atom. The van der Waals surface area contributed by atoms with Gasteiger partial charge in [0.1, 0.15) is 0 Å². The Balaban J connectivity index is 1.82. The molecule has 2 aromatic rings. The summed E-state index contributed by atoms with van der Waals surface area (Å²) in [5.74, 6) is 0.237. The number of nitrogens with one attached hydrogen (secondary N) is 1. The highest BCUT2D eigenvalue weighted by atomic mass is 32.2. The van der Waals surface area contributed by atoms with Crippen LogP contribution in [-0.4, -0.2) is 27.3 Å². The molecule has 0 spiro atoms. The van der Waals surface area contributed by atoms with Crippen LogP contribution in [0.4, 0.5) is 0 Å². The van der Waals surface area contributed by atoms with Crippen molar-refractivity contribution in [3.05, 3.63) is 46.3 Å². The molecule has 1 aromatic heterocycles. The zero-order valence-electron chi connectivity index (χ0n) is 16.7. The summed E-state index contributed by atoms with van der Waals surface area (Å²) in [5.41, 5.74) is 2.09. The lowest BCUT2D eigenvalue weighted by Gasteiger charge is -2.16. The van der Waals surface area contributed by atoms with Crippen molar-refractivity contribution in [2.45, 2.75) is 70.1 Å². The fourth-order valence-electron chi connectivity index (χ4n) is 3.39. The van der Waals surface area contributed by atoms with Crippen LogP contribution in [0.2, 0.25) is 0 Å². The second-order valence-electron chi connectivity index (χ2n) is 7.39. The van der Waals surface area contributed by atoms with Crippen LogP contribution < -0.4 is 10.9 Å². The summed E-state index contributed by atoms with van der Waals surface area (Å²) in [5, 5.41) is 4.23. The highest BCUT2D eigenvalue weighted by Crippen LogP contribution is 2.23. The molecule has 0 fully saturated rings. The van der Waals surface area contributed by atoms with Gasteiger partial charge in [0.05, 0.1) is 16.7 Å². The van der Waals surface area contributed by atoms with E-state index < -0.39 is 0 Å². The van der Waals surface area contributed by atoms with E-state index in [1.54, 1.807) is 4.57 Å². The number of aromatic nitrogens is 2.